The standard InChI is InChI=1S/C22H29N3O2.ClH/c1-23-18-21(26)25-14-12-24(13-15-25)16-17-27-22(19-8-4-2-5-9-19)20-10-6-3-7-11-20;/h2-11,22-23H,12-18H2,1H3;1H. The van der Waals surface area contributed by atoms with E-state index in [0.717, 1.165) is 32.7 Å². The molecule has 1 fully saturated rings. The van der Waals surface area contributed by atoms with Crippen LogP contribution in [0.1, 0.15) is 17.2 Å². The van der Waals surface area contributed by atoms with Gasteiger partial charge in [0.2, 0.25) is 5.91 Å². The highest BCUT2D eigenvalue weighted by Gasteiger charge is 2.21. The summed E-state index contributed by atoms with van der Waals surface area (Å²) in [5.74, 6) is 0.182. The van der Waals surface area contributed by atoms with Gasteiger partial charge in [-0.3, -0.25) is 9.69 Å². The number of nitrogens with one attached hydrogen (secondary N) is 1. The minimum atomic E-state index is -0.0501. The molecule has 0 bridgehead atoms. The zero-order valence-electron chi connectivity index (χ0n) is 16.4. The number of likely N-dealkylation sites (N-methyl/N-ethyl adjacent to an activating group) is 1. The minimum absolute atomic E-state index is 0. The number of amides is 1. The van der Waals surface area contributed by atoms with Crippen molar-refractivity contribution in [3.63, 3.8) is 0 Å². The largest absolute Gasteiger partial charge is 0.367 e. The molecule has 0 aliphatic carbocycles. The topological polar surface area (TPSA) is 44.8 Å². The summed E-state index contributed by atoms with van der Waals surface area (Å²) < 4.78 is 6.30. The SMILES string of the molecule is CNCC(=O)N1CCN(CCOC(c2ccccc2)c2ccccc2)CC1.Cl. The number of nitrogens with zero attached hydrogens (tertiary/aromatic N) is 2. The molecule has 1 aliphatic rings. The van der Waals surface area contributed by atoms with Gasteiger partial charge in [0.15, 0.2) is 0 Å². The molecule has 2 aromatic rings. The van der Waals surface area contributed by atoms with Crippen molar-refractivity contribution in [2.75, 3.05) is 52.9 Å². The number of piperazine rings is 1. The minimum Gasteiger partial charge on any atom is -0.367 e. The van der Waals surface area contributed by atoms with Crippen LogP contribution in [0.5, 0.6) is 0 Å². The summed E-state index contributed by atoms with van der Waals surface area (Å²) in [6.07, 6.45) is -0.0501. The first kappa shape index (κ1) is 22.4. The Bertz CT molecular complexity index is 652. The molecular weight excluding hydrogens is 374 g/mol. The average molecular weight is 404 g/mol. The highest BCUT2D eigenvalue weighted by molar-refractivity contribution is 5.85. The molecule has 0 saturated carbocycles. The second-order valence-electron chi connectivity index (χ2n) is 6.82. The smallest absolute Gasteiger partial charge is 0.236 e. The van der Waals surface area contributed by atoms with E-state index in [4.69, 9.17) is 4.74 Å². The Morgan fingerprint density at radius 2 is 1.50 bits per heavy atom. The second-order valence-corrected chi connectivity index (χ2v) is 6.82. The molecule has 0 atom stereocenters. The molecule has 0 aromatic heterocycles. The summed E-state index contributed by atoms with van der Waals surface area (Å²) in [6, 6.07) is 20.7. The Balaban J connectivity index is 0.00000280. The third-order valence-corrected chi connectivity index (χ3v) is 4.95. The molecule has 2 aromatic carbocycles. The molecule has 1 aliphatic heterocycles. The van der Waals surface area contributed by atoms with Crippen molar-refractivity contribution >= 4 is 18.3 Å². The van der Waals surface area contributed by atoms with Crippen molar-refractivity contribution in [3.05, 3.63) is 71.8 Å². The van der Waals surface area contributed by atoms with Crippen LogP contribution >= 0.6 is 12.4 Å². The molecule has 6 heteroatoms. The van der Waals surface area contributed by atoms with Crippen LogP contribution in [0.4, 0.5) is 0 Å². The van der Waals surface area contributed by atoms with Crippen LogP contribution in [0.2, 0.25) is 0 Å². The lowest BCUT2D eigenvalue weighted by Gasteiger charge is -2.35. The fraction of sp³-hybridized carbons (Fsp3) is 0.409. The maximum atomic E-state index is 11.9. The van der Waals surface area contributed by atoms with E-state index in [0.29, 0.717) is 13.2 Å². The number of hydrogen-bond acceptors (Lipinski definition) is 4. The van der Waals surface area contributed by atoms with E-state index in [9.17, 15) is 4.79 Å². The van der Waals surface area contributed by atoms with E-state index in [-0.39, 0.29) is 24.4 Å². The first-order valence-corrected chi connectivity index (χ1v) is 9.64. The van der Waals surface area contributed by atoms with Gasteiger partial charge >= 0.3 is 0 Å². The molecule has 5 nitrogen and oxygen atoms in total. The first-order chi connectivity index (χ1) is 13.3. The summed E-state index contributed by atoms with van der Waals surface area (Å²) in [6.45, 7) is 5.35. The molecule has 3 rings (SSSR count). The van der Waals surface area contributed by atoms with E-state index in [1.165, 1.54) is 11.1 Å². The summed E-state index contributed by atoms with van der Waals surface area (Å²) in [5, 5.41) is 2.93. The summed E-state index contributed by atoms with van der Waals surface area (Å²) >= 11 is 0. The molecule has 0 unspecified atom stereocenters. The number of ether oxygens (including phenoxy) is 1. The van der Waals surface area contributed by atoms with Gasteiger partial charge in [-0.05, 0) is 18.2 Å². The Hall–Kier alpha value is -1.92. The van der Waals surface area contributed by atoms with Crippen LogP contribution in [0.25, 0.3) is 0 Å². The lowest BCUT2D eigenvalue weighted by molar-refractivity contribution is -0.132. The molecule has 28 heavy (non-hydrogen) atoms. The van der Waals surface area contributed by atoms with E-state index in [1.54, 1.807) is 7.05 Å². The highest BCUT2D eigenvalue weighted by atomic mass is 35.5. The lowest BCUT2D eigenvalue weighted by Crippen LogP contribution is -2.51. The van der Waals surface area contributed by atoms with Crippen molar-refractivity contribution in [2.45, 2.75) is 6.10 Å². The van der Waals surface area contributed by atoms with Gasteiger partial charge < -0.3 is 15.0 Å². The number of rotatable bonds is 8. The number of benzene rings is 2. The van der Waals surface area contributed by atoms with Gasteiger partial charge in [-0.15, -0.1) is 12.4 Å². The quantitative estimate of drug-likeness (QED) is 0.735. The molecular formula is C22H30ClN3O2. The number of halogens is 1. The Kier molecular flexibility index (Phi) is 9.44. The fourth-order valence-corrected chi connectivity index (χ4v) is 3.42. The van der Waals surface area contributed by atoms with Crippen LogP contribution in [-0.2, 0) is 9.53 Å². The Labute approximate surface area is 174 Å². The third-order valence-electron chi connectivity index (χ3n) is 4.95. The van der Waals surface area contributed by atoms with Crippen LogP contribution in [0, 0.1) is 0 Å². The maximum Gasteiger partial charge on any atom is 0.236 e. The van der Waals surface area contributed by atoms with Gasteiger partial charge in [0.1, 0.15) is 6.10 Å². The van der Waals surface area contributed by atoms with Crippen LogP contribution < -0.4 is 5.32 Å². The molecule has 0 radical (unpaired) electrons. The van der Waals surface area contributed by atoms with Crippen LogP contribution in [0.3, 0.4) is 0 Å². The van der Waals surface area contributed by atoms with Crippen molar-refractivity contribution in [1.82, 2.24) is 15.1 Å². The van der Waals surface area contributed by atoms with Gasteiger partial charge in [-0.2, -0.15) is 0 Å². The summed E-state index contributed by atoms with van der Waals surface area (Å²) in [5.41, 5.74) is 2.34. The van der Waals surface area contributed by atoms with E-state index >= 15 is 0 Å². The van der Waals surface area contributed by atoms with Crippen molar-refractivity contribution in [3.8, 4) is 0 Å². The highest BCUT2D eigenvalue weighted by Crippen LogP contribution is 2.25. The van der Waals surface area contributed by atoms with Gasteiger partial charge in [-0.1, -0.05) is 60.7 Å². The molecule has 1 heterocycles. The number of carbonyl (C=O) groups is 1. The molecule has 0 spiro atoms. The zero-order valence-corrected chi connectivity index (χ0v) is 17.2. The van der Waals surface area contributed by atoms with Gasteiger partial charge in [-0.25, -0.2) is 0 Å². The van der Waals surface area contributed by atoms with Crippen molar-refractivity contribution in [1.29, 1.82) is 0 Å². The molecule has 1 N–H and O–H groups in total. The Morgan fingerprint density at radius 3 is 2.00 bits per heavy atom. The fourth-order valence-electron chi connectivity index (χ4n) is 3.42. The first-order valence-electron chi connectivity index (χ1n) is 9.64. The van der Waals surface area contributed by atoms with Gasteiger partial charge in [0.05, 0.1) is 13.2 Å². The normalized spacial score (nSPS) is 14.7. The van der Waals surface area contributed by atoms with Crippen LogP contribution in [0.15, 0.2) is 60.7 Å². The third kappa shape index (κ3) is 6.31. The number of carbonyl (C=O) groups excluding carboxylic acids is 1. The monoisotopic (exact) mass is 403 g/mol. The van der Waals surface area contributed by atoms with Crippen molar-refractivity contribution in [2.24, 2.45) is 0 Å². The molecule has 1 saturated heterocycles. The predicted molar refractivity (Wildman–Crippen MR) is 115 cm³/mol. The Morgan fingerprint density at radius 1 is 0.964 bits per heavy atom. The average Bonchev–Trinajstić information content (AvgIpc) is 2.73. The van der Waals surface area contributed by atoms with Gasteiger partial charge in [0.25, 0.3) is 0 Å². The number of hydrogen-bond donors (Lipinski definition) is 1. The van der Waals surface area contributed by atoms with Crippen molar-refractivity contribution < 1.29 is 9.53 Å². The van der Waals surface area contributed by atoms with E-state index in [1.807, 2.05) is 17.0 Å². The van der Waals surface area contributed by atoms with E-state index in [2.05, 4.69) is 58.7 Å². The second kappa shape index (κ2) is 11.8. The van der Waals surface area contributed by atoms with Crippen LogP contribution in [-0.4, -0.2) is 68.6 Å². The lowest BCUT2D eigenvalue weighted by atomic mass is 10.0. The summed E-state index contributed by atoms with van der Waals surface area (Å²) in [4.78, 5) is 16.2. The predicted octanol–water partition coefficient (Wildman–Crippen LogP) is 2.58. The maximum absolute atomic E-state index is 11.9. The molecule has 152 valence electrons. The van der Waals surface area contributed by atoms with E-state index < -0.39 is 0 Å². The van der Waals surface area contributed by atoms with Gasteiger partial charge in [0, 0.05) is 32.7 Å². The zero-order chi connectivity index (χ0) is 18.9. The summed E-state index contributed by atoms with van der Waals surface area (Å²) in [7, 11) is 1.81. The molecule has 1 amide bonds.